The zero-order chi connectivity index (χ0) is 17.3. The van der Waals surface area contributed by atoms with Crippen LogP contribution in [-0.2, 0) is 16.1 Å². The Morgan fingerprint density at radius 1 is 1.22 bits per heavy atom. The number of esters is 1. The minimum Gasteiger partial charge on any atom is -0.543 e. The number of nitrogens with zero attached hydrogens (tertiary/aromatic N) is 1. The van der Waals surface area contributed by atoms with Crippen molar-refractivity contribution in [2.45, 2.75) is 52.4 Å². The van der Waals surface area contributed by atoms with Crippen molar-refractivity contribution in [3.8, 4) is 5.75 Å². The molecular formula is C18H27NO3Si. The van der Waals surface area contributed by atoms with E-state index in [1.807, 2.05) is 12.3 Å². The quantitative estimate of drug-likeness (QED) is 0.593. The van der Waals surface area contributed by atoms with Crippen LogP contribution >= 0.6 is 0 Å². The average molecular weight is 334 g/mol. The lowest BCUT2D eigenvalue weighted by Gasteiger charge is -2.36. The Morgan fingerprint density at radius 2 is 1.91 bits per heavy atom. The SMILES string of the molecule is CC(=O)OCCn1ccc2cc(O[Si](C)(C)C(C)(C)C)ccc21. The molecule has 0 radical (unpaired) electrons. The van der Waals surface area contributed by atoms with E-state index >= 15 is 0 Å². The summed E-state index contributed by atoms with van der Waals surface area (Å²) in [4.78, 5) is 10.9. The van der Waals surface area contributed by atoms with Crippen LogP contribution in [-0.4, -0.2) is 25.5 Å². The van der Waals surface area contributed by atoms with Crippen molar-refractivity contribution in [3.63, 3.8) is 0 Å². The first kappa shape index (κ1) is 17.6. The highest BCUT2D eigenvalue weighted by molar-refractivity contribution is 6.74. The number of rotatable bonds is 5. The van der Waals surface area contributed by atoms with Crippen LogP contribution in [0.1, 0.15) is 27.7 Å². The Morgan fingerprint density at radius 3 is 2.52 bits per heavy atom. The summed E-state index contributed by atoms with van der Waals surface area (Å²) in [5.74, 6) is 0.688. The molecular weight excluding hydrogens is 306 g/mol. The second-order valence-electron chi connectivity index (χ2n) is 7.43. The second kappa shape index (κ2) is 6.39. The number of hydrogen-bond acceptors (Lipinski definition) is 3. The van der Waals surface area contributed by atoms with Crippen molar-refractivity contribution in [1.29, 1.82) is 0 Å². The van der Waals surface area contributed by atoms with Gasteiger partial charge in [0.1, 0.15) is 12.4 Å². The van der Waals surface area contributed by atoms with Gasteiger partial charge in [-0.1, -0.05) is 20.8 Å². The van der Waals surface area contributed by atoms with Gasteiger partial charge in [-0.25, -0.2) is 0 Å². The third-order valence-corrected chi connectivity index (χ3v) is 8.92. The van der Waals surface area contributed by atoms with Crippen LogP contribution in [0, 0.1) is 0 Å². The van der Waals surface area contributed by atoms with Crippen LogP contribution in [0.25, 0.3) is 10.9 Å². The minimum atomic E-state index is -1.82. The third kappa shape index (κ3) is 4.16. The molecule has 0 unspecified atom stereocenters. The van der Waals surface area contributed by atoms with Crippen LogP contribution in [0.4, 0.5) is 0 Å². The number of carbonyl (C=O) groups excluding carboxylic acids is 1. The van der Waals surface area contributed by atoms with Gasteiger partial charge in [0.25, 0.3) is 0 Å². The van der Waals surface area contributed by atoms with Crippen LogP contribution in [0.5, 0.6) is 5.75 Å². The maximum atomic E-state index is 10.9. The monoisotopic (exact) mass is 333 g/mol. The molecule has 0 spiro atoms. The van der Waals surface area contributed by atoms with E-state index in [1.165, 1.54) is 6.92 Å². The molecule has 2 aromatic rings. The van der Waals surface area contributed by atoms with E-state index in [1.54, 1.807) is 0 Å². The molecule has 0 N–H and O–H groups in total. The van der Waals surface area contributed by atoms with Crippen LogP contribution < -0.4 is 4.43 Å². The number of carbonyl (C=O) groups is 1. The Bertz CT molecular complexity index is 698. The van der Waals surface area contributed by atoms with Crippen molar-refractivity contribution in [2.24, 2.45) is 0 Å². The molecule has 5 heteroatoms. The molecule has 1 heterocycles. The molecule has 0 aliphatic carbocycles. The molecule has 0 amide bonds. The van der Waals surface area contributed by atoms with Crippen LogP contribution in [0.2, 0.25) is 18.1 Å². The molecule has 0 fully saturated rings. The highest BCUT2D eigenvalue weighted by atomic mass is 28.4. The van der Waals surface area contributed by atoms with Gasteiger partial charge in [-0.2, -0.15) is 0 Å². The molecule has 1 aromatic carbocycles. The number of benzene rings is 1. The Balaban J connectivity index is 2.16. The summed E-state index contributed by atoms with van der Waals surface area (Å²) in [7, 11) is -1.82. The highest BCUT2D eigenvalue weighted by Gasteiger charge is 2.38. The van der Waals surface area contributed by atoms with E-state index in [-0.39, 0.29) is 11.0 Å². The fourth-order valence-corrected chi connectivity index (χ4v) is 3.19. The Labute approximate surface area is 139 Å². The molecule has 0 aliphatic heterocycles. The van der Waals surface area contributed by atoms with E-state index in [0.717, 1.165) is 16.7 Å². The first-order chi connectivity index (χ1) is 10.6. The van der Waals surface area contributed by atoms with E-state index in [9.17, 15) is 4.79 Å². The number of hydrogen-bond donors (Lipinski definition) is 0. The fourth-order valence-electron chi connectivity index (χ4n) is 2.17. The lowest BCUT2D eigenvalue weighted by Crippen LogP contribution is -2.43. The lowest BCUT2D eigenvalue weighted by atomic mass is 10.2. The van der Waals surface area contributed by atoms with Crippen molar-refractivity contribution >= 4 is 25.2 Å². The maximum Gasteiger partial charge on any atom is 0.302 e. The summed E-state index contributed by atoms with van der Waals surface area (Å²) in [5, 5.41) is 1.32. The Hall–Kier alpha value is -1.75. The molecule has 0 saturated heterocycles. The molecule has 2 rings (SSSR count). The van der Waals surface area contributed by atoms with E-state index in [0.29, 0.717) is 13.2 Å². The second-order valence-corrected chi connectivity index (χ2v) is 12.2. The zero-order valence-electron chi connectivity index (χ0n) is 15.0. The lowest BCUT2D eigenvalue weighted by molar-refractivity contribution is -0.141. The standard InChI is InChI=1S/C18H27NO3Si/c1-14(20)21-12-11-19-10-9-15-13-16(7-8-17(15)19)22-23(5,6)18(2,3)4/h7-10,13H,11-12H2,1-6H3. The Kier molecular flexibility index (Phi) is 4.89. The number of ether oxygens (including phenoxy) is 1. The van der Waals surface area contributed by atoms with Gasteiger partial charge in [0.2, 0.25) is 8.32 Å². The topological polar surface area (TPSA) is 40.5 Å². The van der Waals surface area contributed by atoms with E-state index < -0.39 is 8.32 Å². The summed E-state index contributed by atoms with van der Waals surface area (Å²) < 4.78 is 13.5. The largest absolute Gasteiger partial charge is 0.543 e. The third-order valence-electron chi connectivity index (χ3n) is 4.56. The van der Waals surface area contributed by atoms with Gasteiger partial charge >= 0.3 is 5.97 Å². The van der Waals surface area contributed by atoms with Crippen molar-refractivity contribution in [3.05, 3.63) is 30.5 Å². The van der Waals surface area contributed by atoms with Gasteiger partial charge in [-0.15, -0.1) is 0 Å². The molecule has 0 atom stereocenters. The summed E-state index contributed by atoms with van der Waals surface area (Å²) >= 11 is 0. The van der Waals surface area contributed by atoms with Crippen molar-refractivity contribution in [1.82, 2.24) is 4.57 Å². The van der Waals surface area contributed by atoms with E-state index in [2.05, 4.69) is 56.6 Å². The number of aromatic nitrogens is 1. The maximum absolute atomic E-state index is 10.9. The van der Waals surface area contributed by atoms with E-state index in [4.69, 9.17) is 9.16 Å². The molecule has 126 valence electrons. The fraction of sp³-hybridized carbons (Fsp3) is 0.500. The van der Waals surface area contributed by atoms with Gasteiger partial charge in [0.15, 0.2) is 0 Å². The van der Waals surface area contributed by atoms with Crippen LogP contribution in [0.3, 0.4) is 0 Å². The van der Waals surface area contributed by atoms with Gasteiger partial charge in [0, 0.05) is 24.0 Å². The van der Waals surface area contributed by atoms with Crippen molar-refractivity contribution < 1.29 is 14.0 Å². The molecule has 23 heavy (non-hydrogen) atoms. The minimum absolute atomic E-state index is 0.178. The molecule has 0 bridgehead atoms. The van der Waals surface area contributed by atoms with Crippen molar-refractivity contribution in [2.75, 3.05) is 6.61 Å². The average Bonchev–Trinajstić information content (AvgIpc) is 2.79. The first-order valence-electron chi connectivity index (χ1n) is 8.01. The molecule has 0 aliphatic rings. The van der Waals surface area contributed by atoms with Gasteiger partial charge in [-0.3, -0.25) is 4.79 Å². The summed E-state index contributed by atoms with van der Waals surface area (Å²) in [6, 6.07) is 8.27. The summed E-state index contributed by atoms with van der Waals surface area (Å²) in [6.07, 6.45) is 2.02. The predicted octanol–water partition coefficient (Wildman–Crippen LogP) is 4.59. The first-order valence-corrected chi connectivity index (χ1v) is 10.9. The summed E-state index contributed by atoms with van der Waals surface area (Å²) in [5.41, 5.74) is 1.12. The zero-order valence-corrected chi connectivity index (χ0v) is 16.0. The smallest absolute Gasteiger partial charge is 0.302 e. The molecule has 0 saturated carbocycles. The van der Waals surface area contributed by atoms with Crippen LogP contribution in [0.15, 0.2) is 30.5 Å². The molecule has 4 nitrogen and oxygen atoms in total. The normalized spacial score (nSPS) is 12.4. The predicted molar refractivity (Wildman–Crippen MR) is 96.4 cm³/mol. The van der Waals surface area contributed by atoms with Gasteiger partial charge in [-0.05, 0) is 42.4 Å². The van der Waals surface area contributed by atoms with Gasteiger partial charge < -0.3 is 13.7 Å². The van der Waals surface area contributed by atoms with Gasteiger partial charge in [0.05, 0.1) is 6.54 Å². The summed E-state index contributed by atoms with van der Waals surface area (Å²) in [6.45, 7) is 13.7. The highest BCUT2D eigenvalue weighted by Crippen LogP contribution is 2.37. The molecule has 1 aromatic heterocycles. The number of fused-ring (bicyclic) bond motifs is 1.